The van der Waals surface area contributed by atoms with E-state index in [0.29, 0.717) is 0 Å². The lowest BCUT2D eigenvalue weighted by Crippen LogP contribution is -2.19. The molecule has 0 bridgehead atoms. The zero-order chi connectivity index (χ0) is 27.6. The van der Waals surface area contributed by atoms with E-state index in [9.17, 15) is 0 Å². The minimum absolute atomic E-state index is 0.125. The zero-order valence-corrected chi connectivity index (χ0v) is 25.9. The molecule has 0 amide bonds. The molecule has 1 heterocycles. The van der Waals surface area contributed by atoms with E-state index in [1.807, 2.05) is 0 Å². The number of anilines is 3. The van der Waals surface area contributed by atoms with Crippen LogP contribution < -0.4 is 9.64 Å². The van der Waals surface area contributed by atoms with Crippen LogP contribution in [0.3, 0.4) is 0 Å². The van der Waals surface area contributed by atoms with Gasteiger partial charge in [-0.3, -0.25) is 0 Å². The van der Waals surface area contributed by atoms with Crippen molar-refractivity contribution >= 4 is 48.9 Å². The van der Waals surface area contributed by atoms with E-state index in [1.165, 1.54) is 44.5 Å². The molecule has 5 aromatic carbocycles. The monoisotopic (exact) mass is 647 g/mol. The maximum atomic E-state index is 6.85. The second-order valence-electron chi connectivity index (χ2n) is 12.1. The molecule has 0 aromatic heterocycles. The Morgan fingerprint density at radius 2 is 0.975 bits per heavy atom. The van der Waals surface area contributed by atoms with Crippen LogP contribution >= 0.6 is 31.9 Å². The van der Waals surface area contributed by atoms with Crippen molar-refractivity contribution in [3.05, 3.63) is 122 Å². The molecule has 0 atom stereocenters. The van der Waals surface area contributed by atoms with Gasteiger partial charge in [-0.15, -0.1) is 0 Å². The molecule has 2 aliphatic carbocycles. The topological polar surface area (TPSA) is 12.5 Å². The summed E-state index contributed by atoms with van der Waals surface area (Å²) < 4.78 is 9.07. The first-order valence-corrected chi connectivity index (χ1v) is 15.2. The predicted octanol–water partition coefficient (Wildman–Crippen LogP) is 11.4. The van der Waals surface area contributed by atoms with Crippen molar-refractivity contribution in [2.45, 2.75) is 38.5 Å². The zero-order valence-electron chi connectivity index (χ0n) is 22.8. The summed E-state index contributed by atoms with van der Waals surface area (Å²) in [5.74, 6) is 1.79. The maximum absolute atomic E-state index is 6.85. The third kappa shape index (κ3) is 3.21. The van der Waals surface area contributed by atoms with Crippen molar-refractivity contribution in [3.8, 4) is 33.8 Å². The van der Waals surface area contributed by atoms with Crippen LogP contribution in [0.2, 0.25) is 0 Å². The van der Waals surface area contributed by atoms with Crippen LogP contribution in [-0.4, -0.2) is 0 Å². The molecular weight excluding hydrogens is 622 g/mol. The molecule has 0 saturated carbocycles. The van der Waals surface area contributed by atoms with Crippen LogP contribution in [0.5, 0.6) is 11.5 Å². The summed E-state index contributed by atoms with van der Waals surface area (Å²) >= 11 is 7.40. The SMILES string of the molecule is CC1(C)c2cc(Br)ccc2-c2cc3c(cc21)Oc1cc2c(cc1N3c1ccccc1)-c1ccc(Br)cc1C2(C)C. The van der Waals surface area contributed by atoms with Gasteiger partial charge in [-0.1, -0.05) is 89.9 Å². The fourth-order valence-electron chi connectivity index (χ4n) is 7.06. The van der Waals surface area contributed by atoms with Gasteiger partial charge in [0.05, 0.1) is 11.4 Å². The van der Waals surface area contributed by atoms with Gasteiger partial charge in [0.15, 0.2) is 11.5 Å². The summed E-state index contributed by atoms with van der Waals surface area (Å²) in [4.78, 5) is 2.38. The van der Waals surface area contributed by atoms with Crippen molar-refractivity contribution in [2.75, 3.05) is 4.90 Å². The molecule has 40 heavy (non-hydrogen) atoms. The molecule has 2 nitrogen and oxygen atoms in total. The predicted molar refractivity (Wildman–Crippen MR) is 172 cm³/mol. The first-order chi connectivity index (χ1) is 19.1. The maximum Gasteiger partial charge on any atom is 0.151 e. The van der Waals surface area contributed by atoms with E-state index < -0.39 is 0 Å². The normalized spacial score (nSPS) is 16.3. The molecule has 0 unspecified atom stereocenters. The number of rotatable bonds is 1. The summed E-state index contributed by atoms with van der Waals surface area (Å²) in [6, 6.07) is 33.2. The van der Waals surface area contributed by atoms with E-state index in [0.717, 1.165) is 37.5 Å². The number of nitrogens with zero attached hydrogens (tertiary/aromatic N) is 1. The average molecular weight is 649 g/mol. The molecule has 3 aliphatic rings. The number of halogens is 2. The second-order valence-corrected chi connectivity index (χ2v) is 14.0. The highest BCUT2D eigenvalue weighted by atomic mass is 79.9. The molecular formula is C36H27Br2NO. The van der Waals surface area contributed by atoms with Gasteiger partial charge in [-0.2, -0.15) is 0 Å². The molecule has 5 aromatic rings. The largest absolute Gasteiger partial charge is 0.453 e. The standard InChI is InChI=1S/C36H27Br2NO/c1-35(2)27-14-20(37)10-12-23(27)25-16-31-33(18-29(25)35)40-34-19-30-26(17-32(34)39(31)22-8-6-5-7-9-22)24-13-11-21(38)15-28(24)36(30,3)4/h5-19H,1-4H3. The van der Waals surface area contributed by atoms with Crippen LogP contribution in [0.25, 0.3) is 22.3 Å². The molecule has 0 fully saturated rings. The minimum Gasteiger partial charge on any atom is -0.453 e. The van der Waals surface area contributed by atoms with Gasteiger partial charge >= 0.3 is 0 Å². The van der Waals surface area contributed by atoms with E-state index in [2.05, 4.69) is 155 Å². The van der Waals surface area contributed by atoms with Gasteiger partial charge in [0.25, 0.3) is 0 Å². The smallest absolute Gasteiger partial charge is 0.151 e. The number of fused-ring (bicyclic) bond motifs is 8. The number of hydrogen-bond acceptors (Lipinski definition) is 2. The van der Waals surface area contributed by atoms with Crippen molar-refractivity contribution in [3.63, 3.8) is 0 Å². The third-order valence-electron chi connectivity index (χ3n) is 9.15. The molecule has 1 aliphatic heterocycles. The Kier molecular flexibility index (Phi) is 4.96. The minimum atomic E-state index is -0.125. The highest BCUT2D eigenvalue weighted by molar-refractivity contribution is 9.10. The van der Waals surface area contributed by atoms with Crippen LogP contribution in [-0.2, 0) is 10.8 Å². The van der Waals surface area contributed by atoms with Gasteiger partial charge < -0.3 is 9.64 Å². The van der Waals surface area contributed by atoms with E-state index in [-0.39, 0.29) is 10.8 Å². The molecule has 196 valence electrons. The Bertz CT molecular complexity index is 1790. The Morgan fingerprint density at radius 3 is 1.45 bits per heavy atom. The second kappa shape index (κ2) is 8.11. The number of ether oxygens (including phenoxy) is 1. The van der Waals surface area contributed by atoms with Crippen LogP contribution in [0.1, 0.15) is 49.9 Å². The lowest BCUT2D eigenvalue weighted by atomic mass is 9.82. The Labute approximate surface area is 251 Å². The average Bonchev–Trinajstić information content (AvgIpc) is 3.28. The van der Waals surface area contributed by atoms with E-state index >= 15 is 0 Å². The van der Waals surface area contributed by atoms with Gasteiger partial charge in [0.1, 0.15) is 0 Å². The Morgan fingerprint density at radius 1 is 0.525 bits per heavy atom. The summed E-state index contributed by atoms with van der Waals surface area (Å²) in [5.41, 5.74) is 13.4. The first kappa shape index (κ1) is 24.5. The summed E-state index contributed by atoms with van der Waals surface area (Å²) in [6.07, 6.45) is 0. The lowest BCUT2D eigenvalue weighted by molar-refractivity contribution is 0.473. The number of hydrogen-bond donors (Lipinski definition) is 0. The Balaban J connectivity index is 1.39. The molecule has 0 saturated heterocycles. The Hall–Kier alpha value is -3.34. The van der Waals surface area contributed by atoms with Gasteiger partial charge in [0.2, 0.25) is 0 Å². The van der Waals surface area contributed by atoms with Gasteiger partial charge in [-0.25, -0.2) is 0 Å². The fraction of sp³-hybridized carbons (Fsp3) is 0.167. The number of benzene rings is 5. The molecule has 0 N–H and O–H groups in total. The van der Waals surface area contributed by atoms with E-state index in [4.69, 9.17) is 4.74 Å². The van der Waals surface area contributed by atoms with Gasteiger partial charge in [0, 0.05) is 25.5 Å². The van der Waals surface area contributed by atoms with Crippen molar-refractivity contribution in [1.82, 2.24) is 0 Å². The van der Waals surface area contributed by atoms with Gasteiger partial charge in [-0.05, 0) is 105 Å². The third-order valence-corrected chi connectivity index (χ3v) is 10.1. The van der Waals surface area contributed by atoms with Crippen LogP contribution in [0.15, 0.2) is 99.9 Å². The quantitative estimate of drug-likeness (QED) is 0.176. The first-order valence-electron chi connectivity index (χ1n) is 13.7. The summed E-state index contributed by atoms with van der Waals surface area (Å²) in [7, 11) is 0. The molecule has 8 rings (SSSR count). The summed E-state index contributed by atoms with van der Waals surface area (Å²) in [6.45, 7) is 9.25. The molecule has 4 heteroatoms. The van der Waals surface area contributed by atoms with Crippen molar-refractivity contribution in [2.24, 2.45) is 0 Å². The molecule has 0 radical (unpaired) electrons. The fourth-order valence-corrected chi connectivity index (χ4v) is 7.78. The highest BCUT2D eigenvalue weighted by Gasteiger charge is 2.41. The lowest BCUT2D eigenvalue weighted by Gasteiger charge is -2.35. The molecule has 0 spiro atoms. The van der Waals surface area contributed by atoms with E-state index in [1.54, 1.807) is 0 Å². The summed E-state index contributed by atoms with van der Waals surface area (Å²) in [5, 5.41) is 0. The number of para-hydroxylation sites is 1. The van der Waals surface area contributed by atoms with Crippen molar-refractivity contribution < 1.29 is 4.74 Å². The highest BCUT2D eigenvalue weighted by Crippen LogP contribution is 2.60. The van der Waals surface area contributed by atoms with Crippen LogP contribution in [0, 0.1) is 0 Å². The van der Waals surface area contributed by atoms with Crippen LogP contribution in [0.4, 0.5) is 17.1 Å². The van der Waals surface area contributed by atoms with Crippen molar-refractivity contribution in [1.29, 1.82) is 0 Å².